The summed E-state index contributed by atoms with van der Waals surface area (Å²) in [6.45, 7) is -0.391. The van der Waals surface area contributed by atoms with Crippen LogP contribution in [0.3, 0.4) is 0 Å². The van der Waals surface area contributed by atoms with Crippen LogP contribution >= 0.6 is 11.6 Å². The lowest BCUT2D eigenvalue weighted by molar-refractivity contribution is -0.385. The van der Waals surface area contributed by atoms with Crippen LogP contribution in [0.4, 0.5) is 14.5 Å². The van der Waals surface area contributed by atoms with Gasteiger partial charge in [0.15, 0.2) is 0 Å². The van der Waals surface area contributed by atoms with Gasteiger partial charge in [-0.05, 0) is 0 Å². The fourth-order valence-electron chi connectivity index (χ4n) is 1.11. The van der Waals surface area contributed by atoms with Crippen molar-refractivity contribution in [2.75, 3.05) is 0 Å². The molecule has 0 amide bonds. The van der Waals surface area contributed by atoms with Gasteiger partial charge in [0.1, 0.15) is 0 Å². The van der Waals surface area contributed by atoms with Gasteiger partial charge in [0.25, 0.3) is 6.43 Å². The minimum Gasteiger partial charge on any atom is -0.326 e. The largest absolute Gasteiger partial charge is 0.326 e. The first-order chi connectivity index (χ1) is 6.99. The van der Waals surface area contributed by atoms with Gasteiger partial charge in [0.2, 0.25) is 5.15 Å². The van der Waals surface area contributed by atoms with Gasteiger partial charge in [-0.1, -0.05) is 11.6 Å². The van der Waals surface area contributed by atoms with Crippen LogP contribution in [-0.4, -0.2) is 9.91 Å². The first kappa shape index (κ1) is 11.7. The molecule has 0 spiro atoms. The molecular formula is C7H6ClF2N3O2. The summed E-state index contributed by atoms with van der Waals surface area (Å²) in [4.78, 5) is 13.0. The maximum Gasteiger partial charge on any atom is 0.311 e. The normalized spacial score (nSPS) is 10.7. The summed E-state index contributed by atoms with van der Waals surface area (Å²) in [5.41, 5.74) is 3.67. The smallest absolute Gasteiger partial charge is 0.311 e. The van der Waals surface area contributed by atoms with Gasteiger partial charge in [-0.2, -0.15) is 0 Å². The first-order valence-corrected chi connectivity index (χ1v) is 4.16. The number of nitro groups is 1. The van der Waals surface area contributed by atoms with Crippen LogP contribution < -0.4 is 5.73 Å². The molecule has 1 aromatic heterocycles. The van der Waals surface area contributed by atoms with E-state index in [1.165, 1.54) is 0 Å². The molecule has 0 radical (unpaired) electrons. The zero-order chi connectivity index (χ0) is 11.6. The highest BCUT2D eigenvalue weighted by Crippen LogP contribution is 2.33. The predicted octanol–water partition coefficient (Wildman–Crippen LogP) is 2.04. The number of pyridine rings is 1. The average Bonchev–Trinajstić information content (AvgIpc) is 2.15. The molecule has 0 saturated heterocycles. The first-order valence-electron chi connectivity index (χ1n) is 3.79. The van der Waals surface area contributed by atoms with Crippen molar-refractivity contribution in [3.8, 4) is 0 Å². The lowest BCUT2D eigenvalue weighted by atomic mass is 10.1. The van der Waals surface area contributed by atoms with Crippen molar-refractivity contribution in [2.45, 2.75) is 13.0 Å². The Morgan fingerprint density at radius 2 is 2.27 bits per heavy atom. The van der Waals surface area contributed by atoms with E-state index in [1.807, 2.05) is 0 Å². The van der Waals surface area contributed by atoms with Gasteiger partial charge in [0, 0.05) is 18.3 Å². The van der Waals surface area contributed by atoms with Gasteiger partial charge >= 0.3 is 5.69 Å². The van der Waals surface area contributed by atoms with Crippen LogP contribution in [-0.2, 0) is 6.54 Å². The van der Waals surface area contributed by atoms with Gasteiger partial charge in [-0.3, -0.25) is 10.1 Å². The third-order valence-electron chi connectivity index (χ3n) is 1.77. The second kappa shape index (κ2) is 4.45. The van der Waals surface area contributed by atoms with Gasteiger partial charge in [0.05, 0.1) is 10.5 Å². The van der Waals surface area contributed by atoms with Crippen molar-refractivity contribution in [1.29, 1.82) is 0 Å². The number of aromatic nitrogens is 1. The van der Waals surface area contributed by atoms with E-state index in [9.17, 15) is 18.9 Å². The summed E-state index contributed by atoms with van der Waals surface area (Å²) in [6.07, 6.45) is -2.07. The Hall–Kier alpha value is -1.34. The highest BCUT2D eigenvalue weighted by Gasteiger charge is 2.26. The standard InChI is InChI=1S/C7H6ClF2N3O2/c8-6-5(13(14)15)3(1-11)4(2-12-6)7(9)10/h2,7H,1,11H2. The fraction of sp³-hybridized carbons (Fsp3) is 0.286. The molecule has 2 N–H and O–H groups in total. The minimum atomic E-state index is -2.87. The molecule has 0 bridgehead atoms. The van der Waals surface area contributed by atoms with Crippen molar-refractivity contribution in [1.82, 2.24) is 4.98 Å². The molecular weight excluding hydrogens is 232 g/mol. The van der Waals surface area contributed by atoms with Crippen LogP contribution in [0.1, 0.15) is 17.6 Å². The van der Waals surface area contributed by atoms with E-state index < -0.39 is 34.3 Å². The summed E-state index contributed by atoms with van der Waals surface area (Å²) in [5, 5.41) is 10.1. The Kier molecular flexibility index (Phi) is 3.48. The highest BCUT2D eigenvalue weighted by molar-refractivity contribution is 6.31. The van der Waals surface area contributed by atoms with Crippen molar-refractivity contribution in [3.05, 3.63) is 32.6 Å². The van der Waals surface area contributed by atoms with Crippen LogP contribution in [0.25, 0.3) is 0 Å². The predicted molar refractivity (Wildman–Crippen MR) is 48.7 cm³/mol. The molecule has 0 aromatic carbocycles. The van der Waals surface area contributed by atoms with Crippen molar-refractivity contribution in [3.63, 3.8) is 0 Å². The molecule has 82 valence electrons. The topological polar surface area (TPSA) is 82.0 Å². The molecule has 0 atom stereocenters. The highest BCUT2D eigenvalue weighted by atomic mass is 35.5. The number of halogens is 3. The summed E-state index contributed by atoms with van der Waals surface area (Å²) >= 11 is 5.43. The van der Waals surface area contributed by atoms with Crippen LogP contribution in [0.5, 0.6) is 0 Å². The second-order valence-corrected chi connectivity index (χ2v) is 2.95. The van der Waals surface area contributed by atoms with E-state index >= 15 is 0 Å². The van der Waals surface area contributed by atoms with E-state index in [4.69, 9.17) is 17.3 Å². The summed E-state index contributed by atoms with van der Waals surface area (Å²) < 4.78 is 24.9. The lowest BCUT2D eigenvalue weighted by Crippen LogP contribution is -2.08. The number of rotatable bonds is 3. The van der Waals surface area contributed by atoms with E-state index in [0.29, 0.717) is 0 Å². The molecule has 1 heterocycles. The molecule has 8 heteroatoms. The van der Waals surface area contributed by atoms with E-state index in [-0.39, 0.29) is 5.56 Å². The molecule has 0 aliphatic carbocycles. The monoisotopic (exact) mass is 237 g/mol. The Morgan fingerprint density at radius 1 is 1.67 bits per heavy atom. The summed E-state index contributed by atoms with van der Waals surface area (Å²) in [5.74, 6) is 0. The number of hydrogen-bond acceptors (Lipinski definition) is 4. The maximum atomic E-state index is 12.4. The fourth-order valence-corrected chi connectivity index (χ4v) is 1.35. The molecule has 15 heavy (non-hydrogen) atoms. The number of nitrogens with two attached hydrogens (primary N) is 1. The van der Waals surface area contributed by atoms with E-state index in [0.717, 1.165) is 6.20 Å². The summed E-state index contributed by atoms with van der Waals surface area (Å²) in [7, 11) is 0. The Bertz CT molecular complexity index is 400. The van der Waals surface area contributed by atoms with Gasteiger partial charge in [-0.25, -0.2) is 13.8 Å². The van der Waals surface area contributed by atoms with Crippen LogP contribution in [0.2, 0.25) is 5.15 Å². The van der Waals surface area contributed by atoms with Crippen molar-refractivity contribution < 1.29 is 13.7 Å². The third-order valence-corrected chi connectivity index (χ3v) is 2.05. The Morgan fingerprint density at radius 3 is 2.67 bits per heavy atom. The molecule has 1 rings (SSSR count). The van der Waals surface area contributed by atoms with Crippen LogP contribution in [0, 0.1) is 10.1 Å². The summed E-state index contributed by atoms with van der Waals surface area (Å²) in [6, 6.07) is 0. The molecule has 0 aliphatic heterocycles. The molecule has 5 nitrogen and oxygen atoms in total. The lowest BCUT2D eigenvalue weighted by Gasteiger charge is -2.07. The molecule has 1 aromatic rings. The van der Waals surface area contributed by atoms with Gasteiger partial charge < -0.3 is 5.73 Å². The molecule has 0 fully saturated rings. The second-order valence-electron chi connectivity index (χ2n) is 2.59. The quantitative estimate of drug-likeness (QED) is 0.495. The number of alkyl halides is 2. The Balaban J connectivity index is 3.47. The minimum absolute atomic E-state index is 0.282. The molecule has 0 unspecified atom stereocenters. The maximum absolute atomic E-state index is 12.4. The van der Waals surface area contributed by atoms with Crippen LogP contribution in [0.15, 0.2) is 6.20 Å². The molecule has 0 aliphatic rings. The average molecular weight is 238 g/mol. The zero-order valence-electron chi connectivity index (χ0n) is 7.28. The van der Waals surface area contributed by atoms with Crippen molar-refractivity contribution in [2.24, 2.45) is 5.73 Å². The number of nitrogens with zero attached hydrogens (tertiary/aromatic N) is 2. The third kappa shape index (κ3) is 2.18. The molecule has 0 saturated carbocycles. The number of hydrogen-bond donors (Lipinski definition) is 1. The van der Waals surface area contributed by atoms with E-state index in [1.54, 1.807) is 0 Å². The zero-order valence-corrected chi connectivity index (χ0v) is 8.04. The van der Waals surface area contributed by atoms with Gasteiger partial charge in [-0.15, -0.1) is 0 Å². The SMILES string of the molecule is NCc1c(C(F)F)cnc(Cl)c1[N+](=O)[O-]. The Labute approximate surface area is 88.0 Å². The van der Waals surface area contributed by atoms with Crippen molar-refractivity contribution >= 4 is 17.3 Å². The van der Waals surface area contributed by atoms with E-state index in [2.05, 4.69) is 4.98 Å².